The number of pyridine rings is 1. The highest BCUT2D eigenvalue weighted by Crippen LogP contribution is 2.36. The fourth-order valence-electron chi connectivity index (χ4n) is 4.27. The Bertz CT molecular complexity index is 1170. The van der Waals surface area contributed by atoms with Gasteiger partial charge in [-0.25, -0.2) is 4.98 Å². The summed E-state index contributed by atoms with van der Waals surface area (Å²) in [5, 5.41) is 5.72. The zero-order valence-corrected chi connectivity index (χ0v) is 18.5. The van der Waals surface area contributed by atoms with Gasteiger partial charge in [-0.15, -0.1) is 11.3 Å². The highest BCUT2D eigenvalue weighted by Gasteiger charge is 2.26. The van der Waals surface area contributed by atoms with Crippen LogP contribution in [0.3, 0.4) is 0 Å². The van der Waals surface area contributed by atoms with Gasteiger partial charge in [-0.2, -0.15) is 0 Å². The molecule has 1 atom stereocenters. The summed E-state index contributed by atoms with van der Waals surface area (Å²) in [5.41, 5.74) is 3.97. The van der Waals surface area contributed by atoms with Crippen molar-refractivity contribution in [1.82, 2.24) is 14.5 Å². The van der Waals surface area contributed by atoms with Gasteiger partial charge < -0.3 is 9.47 Å². The van der Waals surface area contributed by atoms with E-state index in [0.29, 0.717) is 17.4 Å². The Morgan fingerprint density at radius 2 is 1.91 bits per heavy atom. The van der Waals surface area contributed by atoms with Gasteiger partial charge in [0.1, 0.15) is 5.69 Å². The SMILES string of the molecule is O=C(Nc1nc([C@@H]2CCCCN2c2ccccc2)cs1)c1cccn1Cc1ccncc1. The van der Waals surface area contributed by atoms with Crippen LogP contribution >= 0.6 is 11.3 Å². The Balaban J connectivity index is 1.30. The van der Waals surface area contributed by atoms with Crippen molar-refractivity contribution in [3.8, 4) is 0 Å². The first-order valence-electron chi connectivity index (χ1n) is 10.9. The van der Waals surface area contributed by atoms with Crippen molar-refractivity contribution < 1.29 is 4.79 Å². The summed E-state index contributed by atoms with van der Waals surface area (Å²) < 4.78 is 1.94. The summed E-state index contributed by atoms with van der Waals surface area (Å²) in [6.07, 6.45) is 8.89. The number of hydrogen-bond acceptors (Lipinski definition) is 5. The van der Waals surface area contributed by atoms with E-state index >= 15 is 0 Å². The van der Waals surface area contributed by atoms with Crippen LogP contribution in [0.1, 0.15) is 47.1 Å². The van der Waals surface area contributed by atoms with Gasteiger partial charge >= 0.3 is 0 Å². The zero-order valence-electron chi connectivity index (χ0n) is 17.7. The predicted molar refractivity (Wildman–Crippen MR) is 128 cm³/mol. The van der Waals surface area contributed by atoms with Crippen LogP contribution in [-0.4, -0.2) is 27.0 Å². The molecule has 0 saturated carbocycles. The molecule has 0 unspecified atom stereocenters. The minimum absolute atomic E-state index is 0.145. The second kappa shape index (κ2) is 9.36. The average Bonchev–Trinajstić information content (AvgIpc) is 3.50. The summed E-state index contributed by atoms with van der Waals surface area (Å²) in [6.45, 7) is 1.64. The number of para-hydroxylation sites is 1. The lowest BCUT2D eigenvalue weighted by Gasteiger charge is -2.36. The first-order chi connectivity index (χ1) is 15.8. The summed E-state index contributed by atoms with van der Waals surface area (Å²) in [7, 11) is 0. The monoisotopic (exact) mass is 443 g/mol. The van der Waals surface area contributed by atoms with Crippen molar-refractivity contribution in [2.45, 2.75) is 31.8 Å². The Morgan fingerprint density at radius 1 is 1.06 bits per heavy atom. The summed E-state index contributed by atoms with van der Waals surface area (Å²) in [6, 6.07) is 18.4. The molecule has 3 aromatic heterocycles. The fraction of sp³-hybridized carbons (Fsp3) is 0.240. The second-order valence-electron chi connectivity index (χ2n) is 7.95. The molecule has 0 aliphatic carbocycles. The molecule has 32 heavy (non-hydrogen) atoms. The Morgan fingerprint density at radius 3 is 2.75 bits per heavy atom. The van der Waals surface area contributed by atoms with Gasteiger partial charge in [0.2, 0.25) is 0 Å². The molecular weight excluding hydrogens is 418 g/mol. The van der Waals surface area contributed by atoms with Gasteiger partial charge in [0.15, 0.2) is 5.13 Å². The van der Waals surface area contributed by atoms with Crippen molar-refractivity contribution in [1.29, 1.82) is 0 Å². The van der Waals surface area contributed by atoms with Gasteiger partial charge in [0.25, 0.3) is 5.91 Å². The Hall–Kier alpha value is -3.45. The number of benzene rings is 1. The molecule has 4 aromatic rings. The molecule has 0 radical (unpaired) electrons. The zero-order chi connectivity index (χ0) is 21.8. The van der Waals surface area contributed by atoms with E-state index in [-0.39, 0.29) is 11.9 Å². The van der Waals surface area contributed by atoms with Crippen molar-refractivity contribution in [2.75, 3.05) is 16.8 Å². The molecule has 1 saturated heterocycles. The second-order valence-corrected chi connectivity index (χ2v) is 8.81. The van der Waals surface area contributed by atoms with Crippen molar-refractivity contribution in [3.63, 3.8) is 0 Å². The van der Waals surface area contributed by atoms with E-state index in [4.69, 9.17) is 4.98 Å². The molecule has 1 N–H and O–H groups in total. The average molecular weight is 444 g/mol. The third-order valence-electron chi connectivity index (χ3n) is 5.84. The van der Waals surface area contributed by atoms with Crippen LogP contribution in [0.15, 0.2) is 78.6 Å². The van der Waals surface area contributed by atoms with E-state index in [1.54, 1.807) is 12.4 Å². The van der Waals surface area contributed by atoms with Crippen LogP contribution in [0.5, 0.6) is 0 Å². The molecular formula is C25H25N5OS. The number of amides is 1. The molecule has 162 valence electrons. The number of aromatic nitrogens is 3. The number of nitrogens with zero attached hydrogens (tertiary/aromatic N) is 4. The topological polar surface area (TPSA) is 63.1 Å². The van der Waals surface area contributed by atoms with Gasteiger partial charge in [0, 0.05) is 42.7 Å². The molecule has 6 nitrogen and oxygen atoms in total. The van der Waals surface area contributed by atoms with Gasteiger partial charge in [-0.3, -0.25) is 15.1 Å². The molecule has 1 amide bonds. The molecule has 7 heteroatoms. The third kappa shape index (κ3) is 4.43. The van der Waals surface area contributed by atoms with E-state index < -0.39 is 0 Å². The lowest BCUT2D eigenvalue weighted by atomic mass is 9.99. The van der Waals surface area contributed by atoms with Gasteiger partial charge in [-0.1, -0.05) is 18.2 Å². The first kappa shape index (κ1) is 20.5. The van der Waals surface area contributed by atoms with Crippen LogP contribution in [0, 0.1) is 0 Å². The normalized spacial score (nSPS) is 16.1. The van der Waals surface area contributed by atoms with Gasteiger partial charge in [0.05, 0.1) is 11.7 Å². The van der Waals surface area contributed by atoms with Crippen LogP contribution in [-0.2, 0) is 6.54 Å². The summed E-state index contributed by atoms with van der Waals surface area (Å²) in [5.74, 6) is -0.145. The smallest absolute Gasteiger partial charge is 0.274 e. The molecule has 4 heterocycles. The molecule has 5 rings (SSSR count). The number of carbonyl (C=O) groups excluding carboxylic acids is 1. The maximum atomic E-state index is 13.0. The van der Waals surface area contributed by atoms with E-state index in [1.807, 2.05) is 41.1 Å². The van der Waals surface area contributed by atoms with Crippen LogP contribution < -0.4 is 10.2 Å². The highest BCUT2D eigenvalue weighted by molar-refractivity contribution is 7.14. The molecule has 1 fully saturated rings. The lowest BCUT2D eigenvalue weighted by Crippen LogP contribution is -2.33. The molecule has 0 bridgehead atoms. The van der Waals surface area contributed by atoms with Gasteiger partial charge in [-0.05, 0) is 61.2 Å². The standard InChI is InChI=1S/C25H25N5OS/c31-24(23-10-6-15-29(23)17-19-11-13-26-14-12-19)28-25-27-21(18-32-25)22-9-4-5-16-30(22)20-7-2-1-3-8-20/h1-3,6-8,10-15,18,22H,4-5,9,16-17H2,(H,27,28,31)/t22-/m0/s1. The Labute approximate surface area is 191 Å². The van der Waals surface area contributed by atoms with Crippen LogP contribution in [0.25, 0.3) is 0 Å². The number of anilines is 2. The molecule has 1 aliphatic heterocycles. The number of nitrogens with one attached hydrogen (secondary N) is 1. The summed E-state index contributed by atoms with van der Waals surface area (Å²) >= 11 is 1.49. The largest absolute Gasteiger partial charge is 0.363 e. The molecule has 1 aliphatic rings. The first-order valence-corrected chi connectivity index (χ1v) is 11.8. The van der Waals surface area contributed by atoms with E-state index in [0.717, 1.165) is 24.2 Å². The van der Waals surface area contributed by atoms with Crippen LogP contribution in [0.2, 0.25) is 0 Å². The van der Waals surface area contributed by atoms with Crippen molar-refractivity contribution >= 4 is 28.1 Å². The van der Waals surface area contributed by atoms with Crippen molar-refractivity contribution in [3.05, 3.63) is 95.5 Å². The van der Waals surface area contributed by atoms with E-state index in [9.17, 15) is 4.79 Å². The maximum Gasteiger partial charge on any atom is 0.274 e. The number of carbonyl (C=O) groups is 1. The number of hydrogen-bond donors (Lipinski definition) is 1. The summed E-state index contributed by atoms with van der Waals surface area (Å²) in [4.78, 5) is 24.3. The van der Waals surface area contributed by atoms with Crippen molar-refractivity contribution in [2.24, 2.45) is 0 Å². The minimum atomic E-state index is -0.145. The third-order valence-corrected chi connectivity index (χ3v) is 6.61. The highest BCUT2D eigenvalue weighted by atomic mass is 32.1. The number of piperidine rings is 1. The van der Waals surface area contributed by atoms with E-state index in [1.165, 1.54) is 29.9 Å². The molecule has 0 spiro atoms. The van der Waals surface area contributed by atoms with Crippen LogP contribution in [0.4, 0.5) is 10.8 Å². The fourth-order valence-corrected chi connectivity index (χ4v) is 5.02. The number of thiazole rings is 1. The molecule has 1 aromatic carbocycles. The quantitative estimate of drug-likeness (QED) is 0.435. The predicted octanol–water partition coefficient (Wildman–Crippen LogP) is 5.37. The number of rotatable bonds is 6. The lowest BCUT2D eigenvalue weighted by molar-refractivity contribution is 0.101. The maximum absolute atomic E-state index is 13.0. The van der Waals surface area contributed by atoms with E-state index in [2.05, 4.69) is 44.8 Å². The minimum Gasteiger partial charge on any atom is -0.363 e. The Kier molecular flexibility index (Phi) is 5.98.